The van der Waals surface area contributed by atoms with Gasteiger partial charge in [0.25, 0.3) is 5.69 Å². The highest BCUT2D eigenvalue weighted by Gasteiger charge is 2.19. The number of amides is 1. The number of benzene rings is 1. The topological polar surface area (TPSA) is 88.0 Å². The Kier molecular flexibility index (Phi) is 7.10. The van der Waals surface area contributed by atoms with Crippen LogP contribution in [0.2, 0.25) is 0 Å². The molecule has 24 heavy (non-hydrogen) atoms. The second-order valence-corrected chi connectivity index (χ2v) is 5.82. The number of hydrogen-bond acceptors (Lipinski definition) is 6. The molecule has 1 aliphatic heterocycles. The molecule has 1 heterocycles. The van der Waals surface area contributed by atoms with Crippen LogP contribution in [0, 0.1) is 10.1 Å². The predicted molar refractivity (Wildman–Crippen MR) is 89.7 cm³/mol. The van der Waals surface area contributed by atoms with E-state index < -0.39 is 0 Å². The minimum atomic E-state index is -0.389. The largest absolute Gasteiger partial charge is 0.383 e. The van der Waals surface area contributed by atoms with Gasteiger partial charge in [-0.2, -0.15) is 0 Å². The van der Waals surface area contributed by atoms with Crippen LogP contribution in [0.1, 0.15) is 5.56 Å². The number of carbonyl (C=O) groups excluding carboxylic acids is 1. The average molecular weight is 336 g/mol. The van der Waals surface area contributed by atoms with Crippen LogP contribution in [0.15, 0.2) is 24.3 Å². The number of nitrogens with one attached hydrogen (secondary N) is 1. The highest BCUT2D eigenvalue weighted by molar-refractivity contribution is 5.78. The molecule has 1 N–H and O–H groups in total. The number of nitro benzene ring substituents is 1. The van der Waals surface area contributed by atoms with E-state index in [4.69, 9.17) is 4.74 Å². The zero-order chi connectivity index (χ0) is 17.4. The van der Waals surface area contributed by atoms with E-state index in [-0.39, 0.29) is 16.5 Å². The quantitative estimate of drug-likeness (QED) is 0.422. The molecule has 0 aliphatic carbocycles. The van der Waals surface area contributed by atoms with E-state index in [0.717, 1.165) is 38.3 Å². The monoisotopic (exact) mass is 336 g/mol. The van der Waals surface area contributed by atoms with Gasteiger partial charge in [0, 0.05) is 58.5 Å². The van der Waals surface area contributed by atoms with Gasteiger partial charge >= 0.3 is 0 Å². The molecule has 1 aliphatic rings. The van der Waals surface area contributed by atoms with Crippen molar-refractivity contribution in [3.8, 4) is 0 Å². The van der Waals surface area contributed by atoms with Crippen molar-refractivity contribution in [1.29, 1.82) is 0 Å². The Morgan fingerprint density at radius 3 is 2.42 bits per heavy atom. The minimum Gasteiger partial charge on any atom is -0.383 e. The van der Waals surface area contributed by atoms with Gasteiger partial charge in [-0.1, -0.05) is 12.1 Å². The Morgan fingerprint density at radius 2 is 1.83 bits per heavy atom. The zero-order valence-corrected chi connectivity index (χ0v) is 13.9. The molecule has 0 saturated carbocycles. The van der Waals surface area contributed by atoms with Crippen LogP contribution in [-0.2, 0) is 16.1 Å². The maximum Gasteiger partial charge on any atom is 0.269 e. The molecule has 0 aromatic heterocycles. The van der Waals surface area contributed by atoms with Gasteiger partial charge in [0.15, 0.2) is 0 Å². The SMILES string of the molecule is COCCNC(=O)CN1CCN(Cc2ccc([N+](=O)[O-])cc2)CC1. The summed E-state index contributed by atoms with van der Waals surface area (Å²) in [6, 6.07) is 6.67. The molecule has 8 nitrogen and oxygen atoms in total. The molecule has 0 radical (unpaired) electrons. The van der Waals surface area contributed by atoms with E-state index in [1.54, 1.807) is 19.2 Å². The molecule has 132 valence electrons. The zero-order valence-electron chi connectivity index (χ0n) is 13.9. The van der Waals surface area contributed by atoms with Crippen molar-refractivity contribution in [2.24, 2.45) is 0 Å². The summed E-state index contributed by atoms with van der Waals surface area (Å²) in [5, 5.41) is 13.5. The third kappa shape index (κ3) is 5.88. The maximum atomic E-state index is 11.8. The van der Waals surface area contributed by atoms with Crippen LogP contribution in [0.5, 0.6) is 0 Å². The van der Waals surface area contributed by atoms with E-state index in [2.05, 4.69) is 15.1 Å². The van der Waals surface area contributed by atoms with Crippen LogP contribution in [0.3, 0.4) is 0 Å². The Hall–Kier alpha value is -2.03. The fraction of sp³-hybridized carbons (Fsp3) is 0.562. The molecule has 1 amide bonds. The fourth-order valence-electron chi connectivity index (χ4n) is 2.64. The Labute approximate surface area is 141 Å². The number of ether oxygens (including phenoxy) is 1. The van der Waals surface area contributed by atoms with Crippen molar-refractivity contribution >= 4 is 11.6 Å². The molecule has 0 spiro atoms. The minimum absolute atomic E-state index is 0.0240. The molecule has 0 atom stereocenters. The van der Waals surface area contributed by atoms with Crippen LogP contribution >= 0.6 is 0 Å². The number of piperazine rings is 1. The molecule has 8 heteroatoms. The standard InChI is InChI=1S/C16H24N4O4/c1-24-11-6-17-16(21)13-19-9-7-18(8-10-19)12-14-2-4-15(5-3-14)20(22)23/h2-5H,6-13H2,1H3,(H,17,21). The smallest absolute Gasteiger partial charge is 0.269 e. The Morgan fingerprint density at radius 1 is 1.21 bits per heavy atom. The number of methoxy groups -OCH3 is 1. The van der Waals surface area contributed by atoms with Gasteiger partial charge in [0.2, 0.25) is 5.91 Å². The summed E-state index contributed by atoms with van der Waals surface area (Å²) in [4.78, 5) is 26.5. The normalized spacial score (nSPS) is 16.0. The van der Waals surface area contributed by atoms with Gasteiger partial charge in [-0.15, -0.1) is 0 Å². The highest BCUT2D eigenvalue weighted by atomic mass is 16.6. The van der Waals surface area contributed by atoms with Crippen molar-refractivity contribution in [1.82, 2.24) is 15.1 Å². The lowest BCUT2D eigenvalue weighted by atomic mass is 10.2. The predicted octanol–water partition coefficient (Wildman–Crippen LogP) is 0.475. The maximum absolute atomic E-state index is 11.8. The lowest BCUT2D eigenvalue weighted by Crippen LogP contribution is -2.49. The molecular formula is C16H24N4O4. The van der Waals surface area contributed by atoms with Gasteiger partial charge in [0.1, 0.15) is 0 Å². The third-order valence-corrected chi connectivity index (χ3v) is 4.01. The van der Waals surface area contributed by atoms with Crippen LogP contribution < -0.4 is 5.32 Å². The molecular weight excluding hydrogens is 312 g/mol. The van der Waals surface area contributed by atoms with Crippen molar-refractivity contribution in [3.05, 3.63) is 39.9 Å². The molecule has 0 bridgehead atoms. The second-order valence-electron chi connectivity index (χ2n) is 5.82. The number of nitro groups is 1. The summed E-state index contributed by atoms with van der Waals surface area (Å²) < 4.78 is 4.90. The van der Waals surface area contributed by atoms with Crippen molar-refractivity contribution < 1.29 is 14.5 Å². The van der Waals surface area contributed by atoms with Gasteiger partial charge in [-0.3, -0.25) is 24.7 Å². The summed E-state index contributed by atoms with van der Waals surface area (Å²) in [5.74, 6) is 0.0240. The van der Waals surface area contributed by atoms with Crippen molar-refractivity contribution in [3.63, 3.8) is 0 Å². The number of non-ortho nitro benzene ring substituents is 1. The first-order valence-electron chi connectivity index (χ1n) is 8.02. The molecule has 1 fully saturated rings. The summed E-state index contributed by atoms with van der Waals surface area (Å²) in [6.07, 6.45) is 0. The summed E-state index contributed by atoms with van der Waals surface area (Å²) in [7, 11) is 1.61. The molecule has 1 aromatic carbocycles. The number of rotatable bonds is 8. The fourth-order valence-corrected chi connectivity index (χ4v) is 2.64. The summed E-state index contributed by atoms with van der Waals surface area (Å²) in [6.45, 7) is 5.67. The van der Waals surface area contributed by atoms with E-state index in [0.29, 0.717) is 19.7 Å². The van der Waals surface area contributed by atoms with E-state index in [9.17, 15) is 14.9 Å². The van der Waals surface area contributed by atoms with Gasteiger partial charge in [-0.25, -0.2) is 0 Å². The van der Waals surface area contributed by atoms with Gasteiger partial charge in [0.05, 0.1) is 18.1 Å². The van der Waals surface area contributed by atoms with Crippen LogP contribution in [-0.4, -0.2) is 73.6 Å². The Bertz CT molecular complexity index is 542. The molecule has 1 saturated heterocycles. The lowest BCUT2D eigenvalue weighted by Gasteiger charge is -2.34. The lowest BCUT2D eigenvalue weighted by molar-refractivity contribution is -0.384. The first-order valence-corrected chi connectivity index (χ1v) is 8.02. The van der Waals surface area contributed by atoms with Crippen LogP contribution in [0.4, 0.5) is 5.69 Å². The number of nitrogens with zero attached hydrogens (tertiary/aromatic N) is 3. The highest BCUT2D eigenvalue weighted by Crippen LogP contribution is 2.14. The average Bonchev–Trinajstić information content (AvgIpc) is 2.57. The van der Waals surface area contributed by atoms with Crippen molar-refractivity contribution in [2.45, 2.75) is 6.54 Å². The summed E-state index contributed by atoms with van der Waals surface area (Å²) >= 11 is 0. The first kappa shape index (κ1) is 18.3. The Balaban J connectivity index is 1.70. The third-order valence-electron chi connectivity index (χ3n) is 4.01. The van der Waals surface area contributed by atoms with Gasteiger partial charge in [-0.05, 0) is 5.56 Å². The van der Waals surface area contributed by atoms with Gasteiger partial charge < -0.3 is 10.1 Å². The number of hydrogen-bond donors (Lipinski definition) is 1. The molecule has 2 rings (SSSR count). The second kappa shape index (κ2) is 9.31. The molecule has 0 unspecified atom stereocenters. The van der Waals surface area contributed by atoms with E-state index >= 15 is 0 Å². The number of carbonyl (C=O) groups is 1. The van der Waals surface area contributed by atoms with E-state index in [1.165, 1.54) is 12.1 Å². The molecule has 1 aromatic rings. The van der Waals surface area contributed by atoms with Crippen LogP contribution in [0.25, 0.3) is 0 Å². The van der Waals surface area contributed by atoms with E-state index in [1.807, 2.05) is 0 Å². The summed E-state index contributed by atoms with van der Waals surface area (Å²) in [5.41, 5.74) is 1.18. The van der Waals surface area contributed by atoms with Crippen molar-refractivity contribution in [2.75, 3.05) is 53.0 Å². The first-order chi connectivity index (χ1) is 11.6.